The molecule has 5 nitrogen and oxygen atoms in total. The lowest BCUT2D eigenvalue weighted by Crippen LogP contribution is -2.30. The van der Waals surface area contributed by atoms with Gasteiger partial charge in [0.15, 0.2) is 0 Å². The monoisotopic (exact) mass is 241 g/mol. The van der Waals surface area contributed by atoms with Crippen molar-refractivity contribution in [2.75, 3.05) is 13.2 Å². The Labute approximate surface area is 96.6 Å². The third-order valence-electron chi connectivity index (χ3n) is 2.33. The number of nitrogens with zero attached hydrogens (tertiary/aromatic N) is 1. The molecular formula is C10H11NO4S. The minimum Gasteiger partial charge on any atom is -0.392 e. The summed E-state index contributed by atoms with van der Waals surface area (Å²) in [6, 6.07) is 4.57. The SMILES string of the molecule is O=[N+]([O-])c1ccc(SC2COC2)c(CO)c1. The minimum atomic E-state index is -0.458. The Balaban J connectivity index is 2.19. The fraction of sp³-hybridized carbons (Fsp3) is 0.400. The molecule has 0 atom stereocenters. The van der Waals surface area contributed by atoms with E-state index in [0.29, 0.717) is 24.0 Å². The Bertz CT molecular complexity index is 406. The molecule has 0 unspecified atom stereocenters. The molecule has 0 bridgehead atoms. The van der Waals surface area contributed by atoms with Crippen molar-refractivity contribution in [1.29, 1.82) is 0 Å². The van der Waals surface area contributed by atoms with E-state index in [9.17, 15) is 10.1 Å². The summed E-state index contributed by atoms with van der Waals surface area (Å²) in [6.07, 6.45) is 0. The van der Waals surface area contributed by atoms with Crippen LogP contribution >= 0.6 is 11.8 Å². The molecule has 0 aromatic heterocycles. The highest BCUT2D eigenvalue weighted by molar-refractivity contribution is 8.00. The first-order chi connectivity index (χ1) is 7.70. The molecule has 1 aliphatic rings. The van der Waals surface area contributed by atoms with Crippen LogP contribution in [0.3, 0.4) is 0 Å². The fourth-order valence-electron chi connectivity index (χ4n) is 1.38. The molecule has 86 valence electrons. The van der Waals surface area contributed by atoms with Crippen LogP contribution in [0.4, 0.5) is 5.69 Å². The van der Waals surface area contributed by atoms with Gasteiger partial charge in [0.25, 0.3) is 5.69 Å². The number of benzene rings is 1. The van der Waals surface area contributed by atoms with Crippen LogP contribution in [0.2, 0.25) is 0 Å². The predicted octanol–water partition coefficient (Wildman–Crippen LogP) is 1.58. The second-order valence-corrected chi connectivity index (χ2v) is 4.83. The Kier molecular flexibility index (Phi) is 3.42. The highest BCUT2D eigenvalue weighted by atomic mass is 32.2. The van der Waals surface area contributed by atoms with Gasteiger partial charge < -0.3 is 9.84 Å². The van der Waals surface area contributed by atoms with Gasteiger partial charge in [-0.1, -0.05) is 0 Å². The van der Waals surface area contributed by atoms with Crippen molar-refractivity contribution >= 4 is 17.4 Å². The van der Waals surface area contributed by atoms with Crippen molar-refractivity contribution in [2.24, 2.45) is 0 Å². The van der Waals surface area contributed by atoms with Crippen LogP contribution in [0.5, 0.6) is 0 Å². The van der Waals surface area contributed by atoms with Crippen molar-refractivity contribution in [3.05, 3.63) is 33.9 Å². The van der Waals surface area contributed by atoms with Gasteiger partial charge in [0, 0.05) is 17.0 Å². The van der Waals surface area contributed by atoms with Crippen molar-refractivity contribution in [3.8, 4) is 0 Å². The largest absolute Gasteiger partial charge is 0.392 e. The Morgan fingerprint density at radius 2 is 2.31 bits per heavy atom. The molecule has 1 fully saturated rings. The number of rotatable bonds is 4. The second-order valence-electron chi connectivity index (χ2n) is 3.48. The maximum Gasteiger partial charge on any atom is 0.269 e. The van der Waals surface area contributed by atoms with E-state index in [2.05, 4.69) is 0 Å². The van der Waals surface area contributed by atoms with Gasteiger partial charge in [-0.25, -0.2) is 0 Å². The number of non-ortho nitro benzene ring substituents is 1. The molecule has 1 aromatic carbocycles. The van der Waals surface area contributed by atoms with Gasteiger partial charge in [-0.3, -0.25) is 10.1 Å². The zero-order chi connectivity index (χ0) is 11.5. The number of thioether (sulfide) groups is 1. The van der Waals surface area contributed by atoms with Crippen LogP contribution in [-0.4, -0.2) is 28.5 Å². The van der Waals surface area contributed by atoms with E-state index in [1.54, 1.807) is 17.8 Å². The number of nitro groups is 1. The van der Waals surface area contributed by atoms with Crippen molar-refractivity contribution in [1.82, 2.24) is 0 Å². The number of ether oxygens (including phenoxy) is 1. The standard InChI is InChI=1S/C10H11NO4S/c12-4-7-3-8(11(13)14)1-2-10(7)16-9-5-15-6-9/h1-3,9,12H,4-6H2. The van der Waals surface area contributed by atoms with E-state index in [-0.39, 0.29) is 12.3 Å². The lowest BCUT2D eigenvalue weighted by molar-refractivity contribution is -0.385. The summed E-state index contributed by atoms with van der Waals surface area (Å²) in [6.45, 7) is 1.22. The molecule has 0 amide bonds. The van der Waals surface area contributed by atoms with Gasteiger partial charge in [0.1, 0.15) is 0 Å². The third kappa shape index (κ3) is 2.34. The van der Waals surface area contributed by atoms with E-state index < -0.39 is 4.92 Å². The summed E-state index contributed by atoms with van der Waals surface area (Å²) in [5.74, 6) is 0. The first-order valence-electron chi connectivity index (χ1n) is 4.83. The Hall–Kier alpha value is -1.11. The smallest absolute Gasteiger partial charge is 0.269 e. The van der Waals surface area contributed by atoms with Gasteiger partial charge in [0.05, 0.1) is 30.0 Å². The molecule has 1 aromatic rings. The molecule has 16 heavy (non-hydrogen) atoms. The number of hydrogen-bond donors (Lipinski definition) is 1. The maximum absolute atomic E-state index is 10.6. The molecular weight excluding hydrogens is 230 g/mol. The lowest BCUT2D eigenvalue weighted by Gasteiger charge is -2.25. The number of aliphatic hydroxyl groups is 1. The van der Waals surface area contributed by atoms with Crippen molar-refractivity contribution in [3.63, 3.8) is 0 Å². The van der Waals surface area contributed by atoms with E-state index in [1.165, 1.54) is 12.1 Å². The quantitative estimate of drug-likeness (QED) is 0.640. The van der Waals surface area contributed by atoms with Gasteiger partial charge >= 0.3 is 0 Å². The Morgan fingerprint density at radius 3 is 2.81 bits per heavy atom. The molecule has 0 radical (unpaired) electrons. The lowest BCUT2D eigenvalue weighted by atomic mass is 10.2. The van der Waals surface area contributed by atoms with Gasteiger partial charge in [0.2, 0.25) is 0 Å². The zero-order valence-corrected chi connectivity index (χ0v) is 9.27. The van der Waals surface area contributed by atoms with Gasteiger partial charge in [-0.05, 0) is 11.6 Å². The minimum absolute atomic E-state index is 0.0123. The first kappa shape index (κ1) is 11.4. The predicted molar refractivity (Wildman–Crippen MR) is 59.5 cm³/mol. The van der Waals surface area contributed by atoms with E-state index in [1.807, 2.05) is 0 Å². The molecule has 6 heteroatoms. The van der Waals surface area contributed by atoms with Gasteiger partial charge in [-0.15, -0.1) is 11.8 Å². The summed E-state index contributed by atoms with van der Waals surface area (Å²) in [5.41, 5.74) is 0.615. The summed E-state index contributed by atoms with van der Waals surface area (Å²) >= 11 is 1.59. The average Bonchev–Trinajstić information content (AvgIpc) is 2.23. The molecule has 1 saturated heterocycles. The molecule has 0 aliphatic carbocycles. The summed E-state index contributed by atoms with van der Waals surface area (Å²) in [7, 11) is 0. The van der Waals surface area contributed by atoms with Crippen LogP contribution in [0, 0.1) is 10.1 Å². The molecule has 0 spiro atoms. The van der Waals surface area contributed by atoms with Crippen molar-refractivity contribution < 1.29 is 14.8 Å². The first-order valence-corrected chi connectivity index (χ1v) is 5.71. The zero-order valence-electron chi connectivity index (χ0n) is 8.46. The maximum atomic E-state index is 10.6. The highest BCUT2D eigenvalue weighted by Crippen LogP contribution is 2.32. The van der Waals surface area contributed by atoms with Crippen molar-refractivity contribution in [2.45, 2.75) is 16.8 Å². The summed E-state index contributed by atoms with van der Waals surface area (Å²) in [4.78, 5) is 11.0. The van der Waals surface area contributed by atoms with Crippen LogP contribution in [0.25, 0.3) is 0 Å². The number of aliphatic hydroxyl groups excluding tert-OH is 1. The normalized spacial score (nSPS) is 15.8. The molecule has 1 N–H and O–H groups in total. The molecule has 2 rings (SSSR count). The molecule has 0 saturated carbocycles. The third-order valence-corrected chi connectivity index (χ3v) is 3.58. The summed E-state index contributed by atoms with van der Waals surface area (Å²) < 4.78 is 5.05. The fourth-order valence-corrected chi connectivity index (χ4v) is 2.49. The Morgan fingerprint density at radius 1 is 1.56 bits per heavy atom. The van der Waals surface area contributed by atoms with Crippen LogP contribution in [0.15, 0.2) is 23.1 Å². The van der Waals surface area contributed by atoms with Gasteiger partial charge in [-0.2, -0.15) is 0 Å². The van der Waals surface area contributed by atoms with Crippen LogP contribution in [-0.2, 0) is 11.3 Å². The summed E-state index contributed by atoms with van der Waals surface area (Å²) in [5, 5.41) is 20.1. The topological polar surface area (TPSA) is 72.6 Å². The van der Waals surface area contributed by atoms with E-state index >= 15 is 0 Å². The highest BCUT2D eigenvalue weighted by Gasteiger charge is 2.21. The number of nitro benzene ring substituents is 1. The van der Waals surface area contributed by atoms with E-state index in [4.69, 9.17) is 9.84 Å². The van der Waals surface area contributed by atoms with Crippen LogP contribution < -0.4 is 0 Å². The molecule has 1 aliphatic heterocycles. The molecule has 1 heterocycles. The van der Waals surface area contributed by atoms with Crippen LogP contribution in [0.1, 0.15) is 5.56 Å². The van der Waals surface area contributed by atoms with E-state index in [0.717, 1.165) is 4.90 Å². The second kappa shape index (κ2) is 4.82. The average molecular weight is 241 g/mol. The number of hydrogen-bond acceptors (Lipinski definition) is 5.